The van der Waals surface area contributed by atoms with Gasteiger partial charge in [0, 0.05) is 23.6 Å². The highest BCUT2D eigenvalue weighted by molar-refractivity contribution is 5.94. The number of phenols is 2. The largest absolute Gasteiger partial charge is 0.507 e. The van der Waals surface area contributed by atoms with Gasteiger partial charge in [-0.3, -0.25) is 9.98 Å². The molecule has 0 heterocycles. The maximum Gasteiger partial charge on any atom is 0.338 e. The zero-order valence-corrected chi connectivity index (χ0v) is 19.7. The summed E-state index contributed by atoms with van der Waals surface area (Å²) in [6.07, 6.45) is 6.39. The number of ether oxygens (including phenoxy) is 2. The molecule has 0 aliphatic rings. The van der Waals surface area contributed by atoms with Crippen LogP contribution in [0.2, 0.25) is 0 Å². The number of aliphatic imine (C=N–C) groups is 2. The molecule has 0 amide bonds. The van der Waals surface area contributed by atoms with E-state index in [4.69, 9.17) is 9.47 Å². The summed E-state index contributed by atoms with van der Waals surface area (Å²) >= 11 is 0. The molecule has 8 nitrogen and oxygen atoms in total. The normalized spacial score (nSPS) is 11.2. The van der Waals surface area contributed by atoms with Gasteiger partial charge < -0.3 is 19.7 Å². The van der Waals surface area contributed by atoms with Crippen LogP contribution in [0.15, 0.2) is 46.4 Å². The zero-order chi connectivity index (χ0) is 24.8. The Kier molecular flexibility index (Phi) is 11.3. The number of hydrogen-bond donors (Lipinski definition) is 2. The highest BCUT2D eigenvalue weighted by Gasteiger charge is 2.10. The third-order valence-corrected chi connectivity index (χ3v) is 4.81. The molecule has 182 valence electrons. The second-order valence-corrected chi connectivity index (χ2v) is 7.60. The second kappa shape index (κ2) is 14.5. The van der Waals surface area contributed by atoms with E-state index in [1.54, 1.807) is 0 Å². The Balaban J connectivity index is 1.91. The number of aromatic hydroxyl groups is 2. The zero-order valence-electron chi connectivity index (χ0n) is 19.7. The van der Waals surface area contributed by atoms with Gasteiger partial charge >= 0.3 is 11.9 Å². The summed E-state index contributed by atoms with van der Waals surface area (Å²) in [6, 6.07) is 8.92. The van der Waals surface area contributed by atoms with Crippen LogP contribution in [0.3, 0.4) is 0 Å². The quantitative estimate of drug-likeness (QED) is 0.253. The van der Waals surface area contributed by atoms with Gasteiger partial charge in [-0.1, -0.05) is 26.7 Å². The van der Waals surface area contributed by atoms with Gasteiger partial charge in [0.15, 0.2) is 0 Å². The summed E-state index contributed by atoms with van der Waals surface area (Å²) in [5, 5.41) is 20.0. The molecular weight excluding hydrogens is 436 g/mol. The van der Waals surface area contributed by atoms with Crippen LogP contribution >= 0.6 is 0 Å². The van der Waals surface area contributed by atoms with E-state index in [-0.39, 0.29) is 11.5 Å². The lowest BCUT2D eigenvalue weighted by atomic mass is 10.1. The molecule has 2 rings (SSSR count). The third kappa shape index (κ3) is 8.69. The van der Waals surface area contributed by atoms with Crippen LogP contribution in [-0.2, 0) is 9.47 Å². The molecule has 0 fully saturated rings. The molecule has 0 aromatic heterocycles. The Morgan fingerprint density at radius 2 is 1.18 bits per heavy atom. The highest BCUT2D eigenvalue weighted by Crippen LogP contribution is 2.18. The molecular formula is C26H32N2O6. The number of carbonyl (C=O) groups is 2. The molecule has 2 N–H and O–H groups in total. The maximum atomic E-state index is 12.1. The lowest BCUT2D eigenvalue weighted by Gasteiger charge is -2.06. The molecule has 0 unspecified atom stereocenters. The molecule has 0 spiro atoms. The Bertz CT molecular complexity index is 935. The number of unbranched alkanes of at least 4 members (excludes halogenated alkanes) is 2. The monoisotopic (exact) mass is 468 g/mol. The fourth-order valence-corrected chi connectivity index (χ4v) is 2.80. The first-order valence-corrected chi connectivity index (χ1v) is 11.5. The lowest BCUT2D eigenvalue weighted by molar-refractivity contribution is 0.0490. The van der Waals surface area contributed by atoms with E-state index in [2.05, 4.69) is 9.98 Å². The minimum Gasteiger partial charge on any atom is -0.507 e. The Morgan fingerprint density at radius 3 is 1.56 bits per heavy atom. The van der Waals surface area contributed by atoms with Crippen molar-refractivity contribution in [1.82, 2.24) is 0 Å². The number of benzene rings is 2. The topological polar surface area (TPSA) is 118 Å². The SMILES string of the molecule is CCCCOC(=O)c1ccc(O)c(C=NCCN=Cc2cc(C(=O)OCCCC)ccc2O)c1. The standard InChI is InChI=1S/C26H32N2O6/c1-3-5-13-33-25(31)19-7-9-23(29)21(15-19)17-27-11-12-28-18-22-16-20(8-10-24(22)30)26(32)34-14-6-4-2/h7-10,15-18,29-30H,3-6,11-14H2,1-2H3. The Hall–Kier alpha value is -3.68. The average Bonchev–Trinajstić information content (AvgIpc) is 2.83. The van der Waals surface area contributed by atoms with Crippen LogP contribution in [0.1, 0.15) is 71.4 Å². The van der Waals surface area contributed by atoms with Crippen molar-refractivity contribution in [2.24, 2.45) is 9.98 Å². The molecule has 0 atom stereocenters. The van der Waals surface area contributed by atoms with Crippen molar-refractivity contribution in [2.75, 3.05) is 26.3 Å². The average molecular weight is 469 g/mol. The summed E-state index contributed by atoms with van der Waals surface area (Å²) in [4.78, 5) is 32.6. The van der Waals surface area contributed by atoms with Crippen LogP contribution in [-0.4, -0.2) is 60.9 Å². The third-order valence-electron chi connectivity index (χ3n) is 4.81. The molecule has 0 saturated heterocycles. The van der Waals surface area contributed by atoms with E-state index in [0.29, 0.717) is 48.6 Å². The smallest absolute Gasteiger partial charge is 0.338 e. The Morgan fingerprint density at radius 1 is 0.765 bits per heavy atom. The van der Waals surface area contributed by atoms with Gasteiger partial charge in [0.1, 0.15) is 11.5 Å². The summed E-state index contributed by atoms with van der Waals surface area (Å²) in [5.41, 5.74) is 1.50. The number of phenolic OH excluding ortho intramolecular Hbond substituents is 2. The molecule has 0 radical (unpaired) electrons. The predicted molar refractivity (Wildman–Crippen MR) is 132 cm³/mol. The fourth-order valence-electron chi connectivity index (χ4n) is 2.80. The summed E-state index contributed by atoms with van der Waals surface area (Å²) in [7, 11) is 0. The Labute approximate surface area is 200 Å². The van der Waals surface area contributed by atoms with E-state index in [9.17, 15) is 19.8 Å². The van der Waals surface area contributed by atoms with Crippen LogP contribution in [0, 0.1) is 0 Å². The van der Waals surface area contributed by atoms with Gasteiger partial charge in [0.2, 0.25) is 0 Å². The number of nitrogens with zero attached hydrogens (tertiary/aromatic N) is 2. The molecule has 34 heavy (non-hydrogen) atoms. The van der Waals surface area contributed by atoms with E-state index in [1.165, 1.54) is 48.8 Å². The maximum absolute atomic E-state index is 12.1. The minimum absolute atomic E-state index is 0.00456. The number of rotatable bonds is 13. The van der Waals surface area contributed by atoms with Crippen molar-refractivity contribution in [3.8, 4) is 11.5 Å². The van der Waals surface area contributed by atoms with E-state index < -0.39 is 11.9 Å². The molecule has 0 saturated carbocycles. The van der Waals surface area contributed by atoms with E-state index in [0.717, 1.165) is 25.7 Å². The first-order chi connectivity index (χ1) is 16.5. The van der Waals surface area contributed by atoms with Gasteiger partial charge in [0.05, 0.1) is 37.4 Å². The van der Waals surface area contributed by atoms with Crippen molar-refractivity contribution in [1.29, 1.82) is 0 Å². The molecule has 0 aliphatic carbocycles. The van der Waals surface area contributed by atoms with Crippen LogP contribution in [0.4, 0.5) is 0 Å². The summed E-state index contributed by atoms with van der Waals surface area (Å²) < 4.78 is 10.4. The molecule has 2 aromatic rings. The summed E-state index contributed by atoms with van der Waals surface area (Å²) in [5.74, 6) is -0.872. The van der Waals surface area contributed by atoms with Crippen molar-refractivity contribution < 1.29 is 29.3 Å². The van der Waals surface area contributed by atoms with Gasteiger partial charge in [-0.2, -0.15) is 0 Å². The lowest BCUT2D eigenvalue weighted by Crippen LogP contribution is -2.07. The number of esters is 2. The first-order valence-electron chi connectivity index (χ1n) is 11.5. The minimum atomic E-state index is -0.441. The number of hydrogen-bond acceptors (Lipinski definition) is 8. The van der Waals surface area contributed by atoms with Crippen LogP contribution in [0.5, 0.6) is 11.5 Å². The molecule has 2 aromatic carbocycles. The summed E-state index contributed by atoms with van der Waals surface area (Å²) in [6.45, 7) is 5.38. The second-order valence-electron chi connectivity index (χ2n) is 7.60. The molecule has 0 aliphatic heterocycles. The van der Waals surface area contributed by atoms with Gasteiger partial charge in [0.25, 0.3) is 0 Å². The van der Waals surface area contributed by atoms with E-state index in [1.807, 2.05) is 13.8 Å². The predicted octanol–water partition coefficient (Wildman–Crippen LogP) is 4.55. The van der Waals surface area contributed by atoms with Crippen molar-refractivity contribution in [2.45, 2.75) is 39.5 Å². The van der Waals surface area contributed by atoms with E-state index >= 15 is 0 Å². The van der Waals surface area contributed by atoms with Gasteiger partial charge in [-0.15, -0.1) is 0 Å². The van der Waals surface area contributed by atoms with Gasteiger partial charge in [-0.25, -0.2) is 9.59 Å². The first kappa shape index (κ1) is 26.6. The van der Waals surface area contributed by atoms with Crippen molar-refractivity contribution in [3.05, 3.63) is 58.7 Å². The molecule has 0 bridgehead atoms. The van der Waals surface area contributed by atoms with Crippen molar-refractivity contribution in [3.63, 3.8) is 0 Å². The highest BCUT2D eigenvalue weighted by atomic mass is 16.5. The van der Waals surface area contributed by atoms with Crippen LogP contribution in [0.25, 0.3) is 0 Å². The number of carbonyl (C=O) groups excluding carboxylic acids is 2. The van der Waals surface area contributed by atoms with Gasteiger partial charge in [-0.05, 0) is 49.2 Å². The fraction of sp³-hybridized carbons (Fsp3) is 0.385. The molecule has 8 heteroatoms. The van der Waals surface area contributed by atoms with Crippen molar-refractivity contribution >= 4 is 24.4 Å². The van der Waals surface area contributed by atoms with Crippen LogP contribution < -0.4 is 0 Å².